The lowest BCUT2D eigenvalue weighted by atomic mass is 9.85. The van der Waals surface area contributed by atoms with Crippen LogP contribution in [0.5, 0.6) is 0 Å². The van der Waals surface area contributed by atoms with Crippen LogP contribution >= 0.6 is 0 Å². The fraction of sp³-hybridized carbons (Fsp3) is 0.737. The molecule has 5 heteroatoms. The summed E-state index contributed by atoms with van der Waals surface area (Å²) in [5.74, 6) is -0.424. The molecule has 0 N–H and O–H groups in total. The van der Waals surface area contributed by atoms with Crippen LogP contribution in [0.25, 0.3) is 0 Å². The van der Waals surface area contributed by atoms with Crippen molar-refractivity contribution < 1.29 is 14.4 Å². The lowest BCUT2D eigenvalue weighted by Gasteiger charge is -2.31. The van der Waals surface area contributed by atoms with Crippen molar-refractivity contribution in [3.05, 3.63) is 12.2 Å². The van der Waals surface area contributed by atoms with Crippen LogP contribution in [-0.2, 0) is 14.4 Å². The zero-order valence-electron chi connectivity index (χ0n) is 15.5. The third-order valence-corrected chi connectivity index (χ3v) is 4.85. The summed E-state index contributed by atoms with van der Waals surface area (Å²) >= 11 is 0. The Balaban J connectivity index is 2.26. The monoisotopic (exact) mass is 334 g/mol. The predicted molar refractivity (Wildman–Crippen MR) is 92.9 cm³/mol. The number of carbonyl (C=O) groups is 3. The largest absolute Gasteiger partial charge is 0.344 e. The second kappa shape index (κ2) is 7.49. The average molecular weight is 334 g/mol. The van der Waals surface area contributed by atoms with Crippen LogP contribution in [0, 0.1) is 23.7 Å². The lowest BCUT2D eigenvalue weighted by Crippen LogP contribution is -2.51. The Morgan fingerprint density at radius 1 is 1.08 bits per heavy atom. The number of likely N-dealkylation sites (tertiary alicyclic amines) is 1. The average Bonchev–Trinajstić information content (AvgIpc) is 2.76. The van der Waals surface area contributed by atoms with Crippen molar-refractivity contribution >= 4 is 17.7 Å². The summed E-state index contributed by atoms with van der Waals surface area (Å²) in [5, 5.41) is 0. The SMILES string of the molecule is CC(C)CC(C(=O)N(C)CC(C)C)N1C(=O)C2CC=CCC2C1=O. The molecule has 3 amide bonds. The number of hydrogen-bond acceptors (Lipinski definition) is 3. The number of likely N-dealkylation sites (N-methyl/N-ethyl adjacent to an activating group) is 1. The molecule has 1 aliphatic heterocycles. The molecular weight excluding hydrogens is 304 g/mol. The second-order valence-corrected chi connectivity index (χ2v) is 7.96. The third kappa shape index (κ3) is 3.70. The van der Waals surface area contributed by atoms with E-state index < -0.39 is 6.04 Å². The summed E-state index contributed by atoms with van der Waals surface area (Å²) in [5.41, 5.74) is 0. The first-order chi connectivity index (χ1) is 11.2. The molecule has 5 nitrogen and oxygen atoms in total. The number of imide groups is 1. The highest BCUT2D eigenvalue weighted by atomic mass is 16.2. The van der Waals surface area contributed by atoms with Gasteiger partial charge >= 0.3 is 0 Å². The molecule has 24 heavy (non-hydrogen) atoms. The number of fused-ring (bicyclic) bond motifs is 1. The summed E-state index contributed by atoms with van der Waals surface area (Å²) in [6, 6.07) is -0.667. The van der Waals surface area contributed by atoms with Gasteiger partial charge in [0.15, 0.2) is 0 Å². The predicted octanol–water partition coefficient (Wildman–Crippen LogP) is 2.47. The first-order valence-corrected chi connectivity index (χ1v) is 9.00. The Labute approximate surface area is 145 Å². The van der Waals surface area contributed by atoms with E-state index in [1.54, 1.807) is 11.9 Å². The van der Waals surface area contributed by atoms with Gasteiger partial charge in [-0.15, -0.1) is 0 Å². The Bertz CT molecular complexity index is 513. The standard InChI is InChI=1S/C19H30N2O3/c1-12(2)10-16(19(24)20(5)11-13(3)4)21-17(22)14-8-6-7-9-15(14)18(21)23/h6-7,12-16H,8-11H2,1-5H3. The minimum Gasteiger partial charge on any atom is -0.344 e. The fourth-order valence-electron chi connectivity index (χ4n) is 3.79. The van der Waals surface area contributed by atoms with Gasteiger partial charge in [0.25, 0.3) is 0 Å². The minimum absolute atomic E-state index is 0.120. The first kappa shape index (κ1) is 18.7. The van der Waals surface area contributed by atoms with Crippen LogP contribution in [0.4, 0.5) is 0 Å². The quantitative estimate of drug-likeness (QED) is 0.554. The molecule has 1 fully saturated rings. The normalized spacial score (nSPS) is 24.7. The summed E-state index contributed by atoms with van der Waals surface area (Å²) < 4.78 is 0. The molecule has 2 aliphatic rings. The summed E-state index contributed by atoms with van der Waals surface area (Å²) in [6.07, 6.45) is 5.68. The topological polar surface area (TPSA) is 57.7 Å². The maximum atomic E-state index is 13.0. The fourth-order valence-corrected chi connectivity index (χ4v) is 3.79. The van der Waals surface area contributed by atoms with Crippen molar-refractivity contribution in [1.82, 2.24) is 9.80 Å². The number of rotatable bonds is 6. The molecule has 1 heterocycles. The molecular formula is C19H30N2O3. The summed E-state index contributed by atoms with van der Waals surface area (Å²) in [6.45, 7) is 8.75. The molecule has 1 aliphatic carbocycles. The van der Waals surface area contributed by atoms with Crippen molar-refractivity contribution in [3.63, 3.8) is 0 Å². The second-order valence-electron chi connectivity index (χ2n) is 7.96. The third-order valence-electron chi connectivity index (χ3n) is 4.85. The van der Waals surface area contributed by atoms with Crippen LogP contribution in [0.1, 0.15) is 47.0 Å². The van der Waals surface area contributed by atoms with Gasteiger partial charge in [0.05, 0.1) is 11.8 Å². The first-order valence-electron chi connectivity index (χ1n) is 9.00. The Morgan fingerprint density at radius 2 is 1.58 bits per heavy atom. The van der Waals surface area contributed by atoms with Crippen LogP contribution < -0.4 is 0 Å². The Kier molecular flexibility index (Phi) is 5.83. The van der Waals surface area contributed by atoms with Crippen molar-refractivity contribution in [2.45, 2.75) is 53.0 Å². The van der Waals surface area contributed by atoms with Gasteiger partial charge in [-0.1, -0.05) is 39.8 Å². The van der Waals surface area contributed by atoms with E-state index in [0.29, 0.717) is 31.7 Å². The van der Waals surface area contributed by atoms with E-state index in [4.69, 9.17) is 0 Å². The zero-order valence-corrected chi connectivity index (χ0v) is 15.5. The lowest BCUT2D eigenvalue weighted by molar-refractivity contribution is -0.152. The molecule has 3 unspecified atom stereocenters. The van der Waals surface area contributed by atoms with Gasteiger partial charge in [-0.25, -0.2) is 0 Å². The summed E-state index contributed by atoms with van der Waals surface area (Å²) in [4.78, 5) is 41.6. The molecule has 0 aromatic heterocycles. The van der Waals surface area contributed by atoms with Gasteiger partial charge in [0.1, 0.15) is 6.04 Å². The van der Waals surface area contributed by atoms with Crippen LogP contribution in [0.15, 0.2) is 12.2 Å². The minimum atomic E-state index is -0.667. The highest BCUT2D eigenvalue weighted by Gasteiger charge is 2.51. The molecule has 0 aromatic carbocycles. The molecule has 0 bridgehead atoms. The number of amides is 3. The van der Waals surface area contributed by atoms with Crippen LogP contribution in [0.3, 0.4) is 0 Å². The number of hydrogen-bond donors (Lipinski definition) is 0. The van der Waals surface area contributed by atoms with E-state index in [0.717, 1.165) is 0 Å². The van der Waals surface area contributed by atoms with E-state index >= 15 is 0 Å². The van der Waals surface area contributed by atoms with Crippen molar-refractivity contribution in [3.8, 4) is 0 Å². The van der Waals surface area contributed by atoms with Crippen molar-refractivity contribution in [1.29, 1.82) is 0 Å². The maximum absolute atomic E-state index is 13.0. The molecule has 0 spiro atoms. The van der Waals surface area contributed by atoms with Gasteiger partial charge in [0.2, 0.25) is 17.7 Å². The molecule has 3 atom stereocenters. The van der Waals surface area contributed by atoms with Crippen LogP contribution in [-0.4, -0.2) is 47.2 Å². The maximum Gasteiger partial charge on any atom is 0.245 e. The van der Waals surface area contributed by atoms with Gasteiger partial charge < -0.3 is 4.90 Å². The molecule has 0 radical (unpaired) electrons. The smallest absolute Gasteiger partial charge is 0.245 e. The molecule has 2 rings (SSSR count). The van der Waals surface area contributed by atoms with Gasteiger partial charge in [-0.05, 0) is 31.1 Å². The molecule has 0 saturated carbocycles. The summed E-state index contributed by atoms with van der Waals surface area (Å²) in [7, 11) is 1.76. The van der Waals surface area contributed by atoms with E-state index in [-0.39, 0.29) is 35.5 Å². The number of carbonyl (C=O) groups excluding carboxylic acids is 3. The molecule has 0 aromatic rings. The van der Waals surface area contributed by atoms with E-state index in [9.17, 15) is 14.4 Å². The van der Waals surface area contributed by atoms with Crippen LogP contribution in [0.2, 0.25) is 0 Å². The van der Waals surface area contributed by atoms with E-state index in [1.807, 2.05) is 39.8 Å². The zero-order chi connectivity index (χ0) is 18.0. The van der Waals surface area contributed by atoms with E-state index in [2.05, 4.69) is 0 Å². The number of allylic oxidation sites excluding steroid dienone is 2. The molecule has 1 saturated heterocycles. The highest BCUT2D eigenvalue weighted by Crippen LogP contribution is 2.37. The van der Waals surface area contributed by atoms with Gasteiger partial charge in [-0.3, -0.25) is 19.3 Å². The van der Waals surface area contributed by atoms with Gasteiger partial charge in [0, 0.05) is 13.6 Å². The van der Waals surface area contributed by atoms with Gasteiger partial charge in [-0.2, -0.15) is 0 Å². The van der Waals surface area contributed by atoms with Crippen molar-refractivity contribution in [2.75, 3.05) is 13.6 Å². The number of nitrogens with zero attached hydrogens (tertiary/aromatic N) is 2. The van der Waals surface area contributed by atoms with Crippen molar-refractivity contribution in [2.24, 2.45) is 23.7 Å². The Morgan fingerprint density at radius 3 is 2.00 bits per heavy atom. The Hall–Kier alpha value is -1.65. The molecule has 134 valence electrons. The van der Waals surface area contributed by atoms with E-state index in [1.165, 1.54) is 4.90 Å². The highest BCUT2D eigenvalue weighted by molar-refractivity contribution is 6.08.